The van der Waals surface area contributed by atoms with E-state index in [0.717, 1.165) is 31.9 Å². The van der Waals surface area contributed by atoms with Crippen LogP contribution in [0, 0.1) is 0 Å². The van der Waals surface area contributed by atoms with Crippen molar-refractivity contribution < 1.29 is 19.5 Å². The van der Waals surface area contributed by atoms with E-state index in [2.05, 4.69) is 10.2 Å². The highest BCUT2D eigenvalue weighted by Gasteiger charge is 2.29. The van der Waals surface area contributed by atoms with Gasteiger partial charge >= 0.3 is 0 Å². The minimum absolute atomic E-state index is 0.0238. The molecule has 1 aliphatic rings. The van der Waals surface area contributed by atoms with Crippen LogP contribution in [0.4, 0.5) is 11.4 Å². The first-order valence-corrected chi connectivity index (χ1v) is 9.38. The van der Waals surface area contributed by atoms with Crippen LogP contribution in [0.15, 0.2) is 42.5 Å². The van der Waals surface area contributed by atoms with Crippen molar-refractivity contribution in [2.75, 3.05) is 43.5 Å². The van der Waals surface area contributed by atoms with Crippen molar-refractivity contribution in [3.8, 4) is 11.5 Å². The van der Waals surface area contributed by atoms with Gasteiger partial charge in [-0.3, -0.25) is 4.79 Å². The van der Waals surface area contributed by atoms with E-state index in [-0.39, 0.29) is 17.7 Å². The minimum atomic E-state index is -0.159. The Morgan fingerprint density at radius 1 is 1.22 bits per heavy atom. The molecule has 7 heteroatoms. The number of hydrogen-bond acceptors (Lipinski definition) is 4. The van der Waals surface area contributed by atoms with Crippen LogP contribution in [0.5, 0.6) is 11.5 Å². The number of amides is 1. The van der Waals surface area contributed by atoms with Gasteiger partial charge < -0.3 is 25.0 Å². The van der Waals surface area contributed by atoms with Crippen molar-refractivity contribution >= 4 is 28.9 Å². The van der Waals surface area contributed by atoms with Gasteiger partial charge in [0.1, 0.15) is 11.5 Å². The summed E-state index contributed by atoms with van der Waals surface area (Å²) < 4.78 is 5.13. The number of rotatable bonds is 5. The number of halogens is 1. The number of carbonyl (C=O) groups excluding carboxylic acids is 1. The van der Waals surface area contributed by atoms with Crippen LogP contribution in [-0.4, -0.2) is 50.3 Å². The molecular formula is C20H25ClN3O3+. The van der Waals surface area contributed by atoms with Gasteiger partial charge in [0.2, 0.25) is 0 Å². The van der Waals surface area contributed by atoms with Gasteiger partial charge in [-0.25, -0.2) is 0 Å². The third kappa shape index (κ3) is 4.64. The highest BCUT2D eigenvalue weighted by Crippen LogP contribution is 2.27. The van der Waals surface area contributed by atoms with Gasteiger partial charge in [-0.1, -0.05) is 11.6 Å². The van der Waals surface area contributed by atoms with Gasteiger partial charge in [0.15, 0.2) is 6.04 Å². The molecule has 0 aliphatic carbocycles. The molecule has 1 saturated heterocycles. The van der Waals surface area contributed by atoms with Crippen molar-refractivity contribution in [2.45, 2.75) is 13.0 Å². The summed E-state index contributed by atoms with van der Waals surface area (Å²) in [5.74, 6) is 0.829. The van der Waals surface area contributed by atoms with Gasteiger partial charge in [0.05, 0.1) is 38.3 Å². The number of phenols is 1. The van der Waals surface area contributed by atoms with Crippen molar-refractivity contribution in [1.82, 2.24) is 0 Å². The summed E-state index contributed by atoms with van der Waals surface area (Å²) in [6, 6.07) is 12.3. The van der Waals surface area contributed by atoms with Crippen molar-refractivity contribution in [3.05, 3.63) is 47.5 Å². The van der Waals surface area contributed by atoms with Gasteiger partial charge in [-0.15, -0.1) is 0 Å². The Labute approximate surface area is 164 Å². The number of aromatic hydroxyl groups is 1. The molecule has 6 nitrogen and oxygen atoms in total. The van der Waals surface area contributed by atoms with Gasteiger partial charge in [0, 0.05) is 11.4 Å². The number of piperazine rings is 1. The van der Waals surface area contributed by atoms with E-state index in [0.29, 0.717) is 16.5 Å². The molecule has 1 heterocycles. The number of hydrogen-bond donors (Lipinski definition) is 3. The quantitative estimate of drug-likeness (QED) is 0.728. The largest absolute Gasteiger partial charge is 0.508 e. The standard InChI is InChI=1S/C20H24ClN3O3/c1-14(20(26)22-15-3-8-19(27-2)18(21)13-15)23-9-11-24(12-10-23)16-4-6-17(25)7-5-16/h3-8,13-14,25H,9-12H2,1-2H3,(H,22,26)/p+1/t14-/m1/s1. The molecule has 0 radical (unpaired) electrons. The molecule has 0 spiro atoms. The summed E-state index contributed by atoms with van der Waals surface area (Å²) in [6.45, 7) is 5.43. The van der Waals surface area contributed by atoms with Crippen molar-refractivity contribution in [3.63, 3.8) is 0 Å². The Morgan fingerprint density at radius 2 is 1.89 bits per heavy atom. The van der Waals surface area contributed by atoms with Gasteiger partial charge in [-0.05, 0) is 49.4 Å². The molecule has 1 aliphatic heterocycles. The lowest BCUT2D eigenvalue weighted by molar-refractivity contribution is -0.914. The second-order valence-electron chi connectivity index (χ2n) is 6.72. The number of ether oxygens (including phenoxy) is 1. The number of phenolic OH excluding ortho intramolecular Hbond substituents is 1. The fourth-order valence-corrected chi connectivity index (χ4v) is 3.59. The zero-order valence-corrected chi connectivity index (χ0v) is 16.3. The molecule has 27 heavy (non-hydrogen) atoms. The highest BCUT2D eigenvalue weighted by molar-refractivity contribution is 6.32. The van der Waals surface area contributed by atoms with Crippen LogP contribution in [0.25, 0.3) is 0 Å². The summed E-state index contributed by atoms with van der Waals surface area (Å²) in [7, 11) is 1.56. The van der Waals surface area contributed by atoms with Crippen molar-refractivity contribution in [2.24, 2.45) is 0 Å². The van der Waals surface area contributed by atoms with E-state index in [1.165, 1.54) is 4.90 Å². The van der Waals surface area contributed by atoms with Crippen LogP contribution in [0.3, 0.4) is 0 Å². The maximum absolute atomic E-state index is 12.6. The zero-order valence-electron chi connectivity index (χ0n) is 15.5. The smallest absolute Gasteiger partial charge is 0.282 e. The third-order valence-electron chi connectivity index (χ3n) is 5.05. The molecular weight excluding hydrogens is 366 g/mol. The van der Waals surface area contributed by atoms with Crippen LogP contribution < -0.4 is 19.9 Å². The zero-order chi connectivity index (χ0) is 19.4. The molecule has 0 unspecified atom stereocenters. The van der Waals surface area contributed by atoms with Crippen molar-refractivity contribution in [1.29, 1.82) is 0 Å². The summed E-state index contributed by atoms with van der Waals surface area (Å²) in [5, 5.41) is 12.8. The first kappa shape index (κ1) is 19.3. The predicted octanol–water partition coefficient (Wildman–Crippen LogP) is 1.79. The molecule has 3 rings (SSSR count). The molecule has 0 bridgehead atoms. The molecule has 1 atom stereocenters. The lowest BCUT2D eigenvalue weighted by Crippen LogP contribution is -3.19. The summed E-state index contributed by atoms with van der Waals surface area (Å²) in [5.41, 5.74) is 1.76. The number of benzene rings is 2. The minimum Gasteiger partial charge on any atom is -0.508 e. The molecule has 0 saturated carbocycles. The molecule has 1 fully saturated rings. The lowest BCUT2D eigenvalue weighted by Gasteiger charge is -2.36. The average molecular weight is 391 g/mol. The van der Waals surface area contributed by atoms with Crippen LogP contribution in [-0.2, 0) is 4.79 Å². The third-order valence-corrected chi connectivity index (χ3v) is 5.34. The van der Waals surface area contributed by atoms with Gasteiger partial charge in [0.25, 0.3) is 5.91 Å². The summed E-state index contributed by atoms with van der Waals surface area (Å²) in [4.78, 5) is 16.1. The number of nitrogens with zero attached hydrogens (tertiary/aromatic N) is 1. The highest BCUT2D eigenvalue weighted by atomic mass is 35.5. The first-order valence-electron chi connectivity index (χ1n) is 9.01. The fraction of sp³-hybridized carbons (Fsp3) is 0.350. The van der Waals surface area contributed by atoms with E-state index in [1.54, 1.807) is 37.4 Å². The summed E-state index contributed by atoms with van der Waals surface area (Å²) >= 11 is 6.12. The first-order chi connectivity index (χ1) is 13.0. The molecule has 0 aromatic heterocycles. The Balaban J connectivity index is 1.55. The Bertz CT molecular complexity index is 790. The fourth-order valence-electron chi connectivity index (χ4n) is 3.33. The Hall–Kier alpha value is -2.44. The monoisotopic (exact) mass is 390 g/mol. The van der Waals surface area contributed by atoms with Crippen LogP contribution in [0.2, 0.25) is 5.02 Å². The maximum Gasteiger partial charge on any atom is 0.282 e. The maximum atomic E-state index is 12.6. The molecule has 2 aromatic carbocycles. The number of quaternary nitrogens is 1. The molecule has 3 N–H and O–H groups in total. The van der Waals surface area contributed by atoms with Crippen LogP contribution >= 0.6 is 11.6 Å². The van der Waals surface area contributed by atoms with Crippen LogP contribution in [0.1, 0.15) is 6.92 Å². The van der Waals surface area contributed by atoms with E-state index >= 15 is 0 Å². The van der Waals surface area contributed by atoms with E-state index in [9.17, 15) is 9.90 Å². The number of methoxy groups -OCH3 is 1. The Kier molecular flexibility index (Phi) is 6.08. The Morgan fingerprint density at radius 3 is 2.48 bits per heavy atom. The molecule has 144 valence electrons. The number of nitrogens with one attached hydrogen (secondary N) is 2. The molecule has 2 aromatic rings. The number of carbonyl (C=O) groups is 1. The second-order valence-corrected chi connectivity index (χ2v) is 7.13. The predicted molar refractivity (Wildman–Crippen MR) is 107 cm³/mol. The topological polar surface area (TPSA) is 66.2 Å². The normalized spacial score (nSPS) is 16.0. The second kappa shape index (κ2) is 8.50. The van der Waals surface area contributed by atoms with E-state index < -0.39 is 0 Å². The number of anilines is 2. The lowest BCUT2D eigenvalue weighted by atomic mass is 10.2. The molecule has 1 amide bonds. The van der Waals surface area contributed by atoms with Gasteiger partial charge in [-0.2, -0.15) is 0 Å². The average Bonchev–Trinajstić information content (AvgIpc) is 2.68. The van der Waals surface area contributed by atoms with E-state index in [1.807, 2.05) is 19.1 Å². The SMILES string of the molecule is COc1ccc(NC(=O)[C@@H](C)[NH+]2CCN(c3ccc(O)cc3)CC2)cc1Cl. The van der Waals surface area contributed by atoms with E-state index in [4.69, 9.17) is 16.3 Å². The summed E-state index contributed by atoms with van der Waals surface area (Å²) in [6.07, 6.45) is 0.